The molecule has 5 rings (SSSR count). The van der Waals surface area contributed by atoms with Gasteiger partial charge in [-0.15, -0.1) is 0 Å². The first kappa shape index (κ1) is 27.8. The molecule has 5 aromatic rings. The van der Waals surface area contributed by atoms with Crippen LogP contribution in [0.4, 0.5) is 0 Å². The smallest absolute Gasteiger partial charge is 0.335 e. The number of hydrogen-bond acceptors (Lipinski definition) is 5. The summed E-state index contributed by atoms with van der Waals surface area (Å²) in [4.78, 5) is 29.1. The van der Waals surface area contributed by atoms with Crippen molar-refractivity contribution in [2.45, 2.75) is 38.1 Å². The minimum atomic E-state index is -4.15. The Labute approximate surface area is 238 Å². The van der Waals surface area contributed by atoms with E-state index in [1.54, 1.807) is 60.7 Å². The number of carboxylic acids is 1. The van der Waals surface area contributed by atoms with Crippen molar-refractivity contribution in [2.24, 2.45) is 0 Å². The van der Waals surface area contributed by atoms with Gasteiger partial charge in [-0.2, -0.15) is 0 Å². The number of imidazole rings is 1. The van der Waals surface area contributed by atoms with E-state index >= 15 is 0 Å². The molecule has 208 valence electrons. The van der Waals surface area contributed by atoms with Gasteiger partial charge in [0, 0.05) is 24.1 Å². The standard InChI is InChI=1S/C32H29N3O5S/c1-3-9-29-33-30-21(2)18-25(32(37)38)19-27(30)35(29)20-22-14-16-23(17-15-22)26-12-7-8-13-28(26)41(39,40)34-31(36)24-10-5-4-6-11-24/h4-8,10-19H,3,9,20H2,1-2H3,(H,34,36)(H,37,38). The van der Waals surface area contributed by atoms with Crippen LogP contribution in [0.5, 0.6) is 0 Å². The van der Waals surface area contributed by atoms with Crippen molar-refractivity contribution in [1.29, 1.82) is 0 Å². The summed E-state index contributed by atoms with van der Waals surface area (Å²) < 4.78 is 30.7. The number of carbonyl (C=O) groups is 2. The topological polar surface area (TPSA) is 118 Å². The van der Waals surface area contributed by atoms with Crippen LogP contribution < -0.4 is 4.72 Å². The van der Waals surface area contributed by atoms with Gasteiger partial charge in [0.15, 0.2) is 0 Å². The first-order valence-electron chi connectivity index (χ1n) is 13.2. The first-order chi connectivity index (χ1) is 19.7. The van der Waals surface area contributed by atoms with E-state index in [0.29, 0.717) is 17.7 Å². The minimum Gasteiger partial charge on any atom is -0.478 e. The highest BCUT2D eigenvalue weighted by atomic mass is 32.2. The Morgan fingerprint density at radius 1 is 0.902 bits per heavy atom. The second-order valence-corrected chi connectivity index (χ2v) is 11.5. The lowest BCUT2D eigenvalue weighted by molar-refractivity contribution is 0.0696. The molecule has 4 aromatic carbocycles. The Balaban J connectivity index is 1.46. The summed E-state index contributed by atoms with van der Waals surface area (Å²) in [5.74, 6) is -0.812. The molecule has 0 saturated heterocycles. The van der Waals surface area contributed by atoms with Crippen LogP contribution in [0.1, 0.15) is 51.0 Å². The molecule has 41 heavy (non-hydrogen) atoms. The summed E-state index contributed by atoms with van der Waals surface area (Å²) >= 11 is 0. The van der Waals surface area contributed by atoms with E-state index in [1.807, 2.05) is 35.8 Å². The predicted octanol–water partition coefficient (Wildman–Crippen LogP) is 5.83. The molecule has 0 unspecified atom stereocenters. The van der Waals surface area contributed by atoms with Gasteiger partial charge in [0.2, 0.25) is 0 Å². The number of fused-ring (bicyclic) bond motifs is 1. The van der Waals surface area contributed by atoms with E-state index in [-0.39, 0.29) is 16.0 Å². The summed E-state index contributed by atoms with van der Waals surface area (Å²) in [6, 6.07) is 25.5. The molecule has 0 aliphatic heterocycles. The summed E-state index contributed by atoms with van der Waals surface area (Å²) in [7, 11) is -4.15. The van der Waals surface area contributed by atoms with Gasteiger partial charge in [-0.3, -0.25) is 4.79 Å². The molecule has 1 amide bonds. The molecule has 0 spiro atoms. The van der Waals surface area contributed by atoms with Crippen LogP contribution in [0.15, 0.2) is 95.9 Å². The lowest BCUT2D eigenvalue weighted by Crippen LogP contribution is -2.30. The third kappa shape index (κ3) is 5.76. The van der Waals surface area contributed by atoms with Gasteiger partial charge in [-0.05, 0) is 60.4 Å². The monoisotopic (exact) mass is 567 g/mol. The second-order valence-electron chi connectivity index (χ2n) is 9.82. The summed E-state index contributed by atoms with van der Waals surface area (Å²) in [5, 5.41) is 9.59. The molecule has 2 N–H and O–H groups in total. The Morgan fingerprint density at radius 2 is 1.59 bits per heavy atom. The zero-order valence-electron chi connectivity index (χ0n) is 22.7. The number of aryl methyl sites for hydroxylation is 2. The van der Waals surface area contributed by atoms with Crippen molar-refractivity contribution in [3.05, 3.63) is 119 Å². The van der Waals surface area contributed by atoms with Crippen LogP contribution >= 0.6 is 0 Å². The minimum absolute atomic E-state index is 0.000424. The van der Waals surface area contributed by atoms with Crippen LogP contribution in [0.25, 0.3) is 22.2 Å². The Morgan fingerprint density at radius 3 is 2.27 bits per heavy atom. The van der Waals surface area contributed by atoms with Crippen molar-refractivity contribution in [2.75, 3.05) is 0 Å². The molecule has 0 saturated carbocycles. The van der Waals surface area contributed by atoms with Crippen LogP contribution in [0, 0.1) is 6.92 Å². The number of nitrogens with one attached hydrogen (secondary N) is 1. The first-order valence-corrected chi connectivity index (χ1v) is 14.7. The Hall–Kier alpha value is -4.76. The lowest BCUT2D eigenvalue weighted by Gasteiger charge is -2.13. The molecule has 0 aliphatic carbocycles. The molecule has 0 radical (unpaired) electrons. The van der Waals surface area contributed by atoms with E-state index in [4.69, 9.17) is 4.98 Å². The van der Waals surface area contributed by atoms with E-state index < -0.39 is 21.9 Å². The molecule has 0 fully saturated rings. The number of hydrogen-bond donors (Lipinski definition) is 2. The normalized spacial score (nSPS) is 11.5. The number of rotatable bonds is 9. The van der Waals surface area contributed by atoms with E-state index in [0.717, 1.165) is 40.8 Å². The van der Waals surface area contributed by atoms with Gasteiger partial charge >= 0.3 is 5.97 Å². The molecule has 9 heteroatoms. The maximum absolute atomic E-state index is 13.2. The maximum atomic E-state index is 13.2. The van der Waals surface area contributed by atoms with Crippen molar-refractivity contribution in [3.8, 4) is 11.1 Å². The lowest BCUT2D eigenvalue weighted by atomic mass is 10.0. The zero-order chi connectivity index (χ0) is 29.1. The summed E-state index contributed by atoms with van der Waals surface area (Å²) in [5.41, 5.74) is 4.91. The molecular formula is C32H29N3O5S. The van der Waals surface area contributed by atoms with Crippen LogP contribution in [-0.2, 0) is 23.0 Å². The summed E-state index contributed by atoms with van der Waals surface area (Å²) in [6.45, 7) is 4.41. The fraction of sp³-hybridized carbons (Fsp3) is 0.156. The highest BCUT2D eigenvalue weighted by Gasteiger charge is 2.22. The average Bonchev–Trinajstić information content (AvgIpc) is 3.31. The van der Waals surface area contributed by atoms with E-state index in [1.165, 1.54) is 6.07 Å². The third-order valence-electron chi connectivity index (χ3n) is 6.89. The largest absolute Gasteiger partial charge is 0.478 e. The second kappa shape index (κ2) is 11.4. The molecule has 0 bridgehead atoms. The van der Waals surface area contributed by atoms with Gasteiger partial charge in [0.05, 0.1) is 21.5 Å². The van der Waals surface area contributed by atoms with Crippen molar-refractivity contribution < 1.29 is 23.1 Å². The van der Waals surface area contributed by atoms with Crippen molar-refractivity contribution in [1.82, 2.24) is 14.3 Å². The van der Waals surface area contributed by atoms with Crippen LogP contribution in [0.3, 0.4) is 0 Å². The van der Waals surface area contributed by atoms with Crippen molar-refractivity contribution in [3.63, 3.8) is 0 Å². The number of amides is 1. The molecular weight excluding hydrogens is 538 g/mol. The number of benzene rings is 4. The highest BCUT2D eigenvalue weighted by molar-refractivity contribution is 7.90. The fourth-order valence-corrected chi connectivity index (χ4v) is 6.10. The molecule has 1 heterocycles. The van der Waals surface area contributed by atoms with Gasteiger partial charge in [0.25, 0.3) is 15.9 Å². The van der Waals surface area contributed by atoms with Crippen molar-refractivity contribution >= 4 is 32.9 Å². The quantitative estimate of drug-likeness (QED) is 0.231. The molecule has 0 atom stereocenters. The van der Waals surface area contributed by atoms with Gasteiger partial charge < -0.3 is 9.67 Å². The van der Waals surface area contributed by atoms with Gasteiger partial charge in [0.1, 0.15) is 5.82 Å². The molecule has 1 aromatic heterocycles. The number of nitrogens with zero attached hydrogens (tertiary/aromatic N) is 2. The molecule has 8 nitrogen and oxygen atoms in total. The van der Waals surface area contributed by atoms with E-state index in [2.05, 4.69) is 11.6 Å². The number of aromatic nitrogens is 2. The Kier molecular flexibility index (Phi) is 7.72. The number of carbonyl (C=O) groups excluding carboxylic acids is 1. The van der Waals surface area contributed by atoms with Gasteiger partial charge in [-0.1, -0.05) is 67.6 Å². The predicted molar refractivity (Wildman–Crippen MR) is 157 cm³/mol. The highest BCUT2D eigenvalue weighted by Crippen LogP contribution is 2.29. The number of sulfonamides is 1. The number of aromatic carboxylic acids is 1. The number of carboxylic acid groups (broad SMARTS) is 1. The fourth-order valence-electron chi connectivity index (χ4n) is 4.89. The molecule has 0 aliphatic rings. The SMILES string of the molecule is CCCc1nc2c(C)cc(C(=O)O)cc2n1Cc1ccc(-c2ccccc2S(=O)(=O)NC(=O)c2ccccc2)cc1. The van der Waals surface area contributed by atoms with E-state index in [9.17, 15) is 23.1 Å². The third-order valence-corrected chi connectivity index (χ3v) is 8.28. The van der Waals surface area contributed by atoms with Crippen LogP contribution in [-0.4, -0.2) is 35.0 Å². The Bertz CT molecular complexity index is 1860. The zero-order valence-corrected chi connectivity index (χ0v) is 23.5. The van der Waals surface area contributed by atoms with Gasteiger partial charge in [-0.25, -0.2) is 22.9 Å². The average molecular weight is 568 g/mol. The van der Waals surface area contributed by atoms with Crippen LogP contribution in [0.2, 0.25) is 0 Å². The maximum Gasteiger partial charge on any atom is 0.335 e. The summed E-state index contributed by atoms with van der Waals surface area (Å²) in [6.07, 6.45) is 1.63.